The molecule has 0 spiro atoms. The molecule has 0 saturated heterocycles. The predicted molar refractivity (Wildman–Crippen MR) is 59.0 cm³/mol. The van der Waals surface area contributed by atoms with Crippen LogP contribution in [0.1, 0.15) is 11.7 Å². The average Bonchev–Trinajstić information content (AvgIpc) is 2.82. The molecule has 1 N–H and O–H groups in total. The van der Waals surface area contributed by atoms with E-state index in [1.54, 1.807) is 23.1 Å². The van der Waals surface area contributed by atoms with Gasteiger partial charge in [-0.2, -0.15) is 5.10 Å². The van der Waals surface area contributed by atoms with Gasteiger partial charge in [0.25, 0.3) is 0 Å². The molecule has 2 rings (SSSR count). The highest BCUT2D eigenvalue weighted by atomic mass is 16.3. The van der Waals surface area contributed by atoms with Crippen molar-refractivity contribution in [2.75, 3.05) is 0 Å². The lowest BCUT2D eigenvalue weighted by atomic mass is 10.1. The summed E-state index contributed by atoms with van der Waals surface area (Å²) in [6.07, 6.45) is 2.70. The van der Waals surface area contributed by atoms with Gasteiger partial charge in [0.05, 0.1) is 5.70 Å². The van der Waals surface area contributed by atoms with Crippen molar-refractivity contribution in [2.24, 2.45) is 0 Å². The largest absolute Gasteiger partial charge is 0.382 e. The highest BCUT2D eigenvalue weighted by molar-refractivity contribution is 5.49. The second kappa shape index (κ2) is 4.11. The molecule has 0 radical (unpaired) electrons. The van der Waals surface area contributed by atoms with Crippen molar-refractivity contribution in [3.8, 4) is 0 Å². The van der Waals surface area contributed by atoms with Gasteiger partial charge in [-0.3, -0.25) is 0 Å². The molecule has 3 nitrogen and oxygen atoms in total. The Balaban J connectivity index is 2.23. The fourth-order valence-corrected chi connectivity index (χ4v) is 1.39. The minimum absolute atomic E-state index is 0.547. The van der Waals surface area contributed by atoms with Gasteiger partial charge in [-0.25, -0.2) is 4.68 Å². The van der Waals surface area contributed by atoms with Gasteiger partial charge in [-0.05, 0) is 11.6 Å². The zero-order valence-corrected chi connectivity index (χ0v) is 8.24. The molecule has 76 valence electrons. The number of nitrogens with zero attached hydrogens (tertiary/aromatic N) is 2. The maximum Gasteiger partial charge on any atom is 0.120 e. The summed E-state index contributed by atoms with van der Waals surface area (Å²) in [7, 11) is 0. The Morgan fingerprint density at radius 3 is 2.60 bits per heavy atom. The first-order valence-corrected chi connectivity index (χ1v) is 4.71. The first-order chi connectivity index (χ1) is 7.29. The van der Waals surface area contributed by atoms with E-state index in [0.29, 0.717) is 5.70 Å². The van der Waals surface area contributed by atoms with Crippen LogP contribution < -0.4 is 0 Å². The molecule has 1 aromatic carbocycles. The summed E-state index contributed by atoms with van der Waals surface area (Å²) in [4.78, 5) is 0. The van der Waals surface area contributed by atoms with E-state index in [4.69, 9.17) is 0 Å². The lowest BCUT2D eigenvalue weighted by molar-refractivity contribution is 0.230. The van der Waals surface area contributed by atoms with Crippen molar-refractivity contribution in [3.63, 3.8) is 0 Å². The van der Waals surface area contributed by atoms with Crippen LogP contribution in [-0.4, -0.2) is 14.9 Å². The van der Waals surface area contributed by atoms with Crippen LogP contribution >= 0.6 is 0 Å². The molecule has 0 aliphatic rings. The van der Waals surface area contributed by atoms with Crippen LogP contribution in [0.4, 0.5) is 0 Å². The van der Waals surface area contributed by atoms with Crippen molar-refractivity contribution in [2.45, 2.75) is 6.10 Å². The van der Waals surface area contributed by atoms with Gasteiger partial charge in [0.15, 0.2) is 0 Å². The SMILES string of the molecule is C=C(C(O)c1ccccc1)n1cccn1. The smallest absolute Gasteiger partial charge is 0.120 e. The molecule has 2 aromatic rings. The van der Waals surface area contributed by atoms with Gasteiger partial charge >= 0.3 is 0 Å². The second-order valence-electron chi connectivity index (χ2n) is 3.26. The Kier molecular flexibility index (Phi) is 2.65. The van der Waals surface area contributed by atoms with E-state index in [1.165, 1.54) is 0 Å². The topological polar surface area (TPSA) is 38.0 Å². The normalized spacial score (nSPS) is 12.3. The van der Waals surface area contributed by atoms with Gasteiger partial charge in [-0.15, -0.1) is 0 Å². The van der Waals surface area contributed by atoms with Crippen molar-refractivity contribution in [3.05, 3.63) is 60.9 Å². The summed E-state index contributed by atoms with van der Waals surface area (Å²) in [6, 6.07) is 11.2. The highest BCUT2D eigenvalue weighted by Crippen LogP contribution is 2.22. The Hall–Kier alpha value is -1.87. The Morgan fingerprint density at radius 2 is 2.00 bits per heavy atom. The van der Waals surface area contributed by atoms with E-state index < -0.39 is 6.10 Å². The first kappa shape index (κ1) is 9.68. The van der Waals surface area contributed by atoms with Crippen LogP contribution in [0.3, 0.4) is 0 Å². The second-order valence-corrected chi connectivity index (χ2v) is 3.26. The number of aromatic nitrogens is 2. The Labute approximate surface area is 88.3 Å². The minimum atomic E-state index is -0.717. The van der Waals surface area contributed by atoms with Gasteiger partial charge < -0.3 is 5.11 Å². The molecule has 1 unspecified atom stereocenters. The van der Waals surface area contributed by atoms with E-state index in [-0.39, 0.29) is 0 Å². The van der Waals surface area contributed by atoms with Crippen LogP contribution in [0.15, 0.2) is 55.4 Å². The zero-order valence-electron chi connectivity index (χ0n) is 8.24. The van der Waals surface area contributed by atoms with Gasteiger partial charge in [-0.1, -0.05) is 36.9 Å². The van der Waals surface area contributed by atoms with E-state index in [0.717, 1.165) is 5.56 Å². The third kappa shape index (κ3) is 1.97. The third-order valence-corrected chi connectivity index (χ3v) is 2.23. The molecule has 1 heterocycles. The molecule has 3 heteroatoms. The molecule has 0 aliphatic carbocycles. The standard InChI is InChI=1S/C12H12N2O/c1-10(14-9-5-8-13-14)12(15)11-6-3-2-4-7-11/h2-9,12,15H,1H2. The summed E-state index contributed by atoms with van der Waals surface area (Å²) < 4.78 is 1.57. The monoisotopic (exact) mass is 200 g/mol. The van der Waals surface area contributed by atoms with Crippen LogP contribution in [0.5, 0.6) is 0 Å². The molecule has 0 bridgehead atoms. The summed E-state index contributed by atoms with van der Waals surface area (Å²) in [6.45, 7) is 3.82. The van der Waals surface area contributed by atoms with E-state index in [1.807, 2.05) is 30.3 Å². The van der Waals surface area contributed by atoms with Crippen molar-refractivity contribution < 1.29 is 5.11 Å². The number of hydrogen-bond donors (Lipinski definition) is 1. The molecule has 0 amide bonds. The minimum Gasteiger partial charge on any atom is -0.382 e. The lowest BCUT2D eigenvalue weighted by Gasteiger charge is -2.13. The molecule has 0 fully saturated rings. The number of benzene rings is 1. The van der Waals surface area contributed by atoms with Crippen LogP contribution in [0.25, 0.3) is 5.70 Å². The predicted octanol–water partition coefficient (Wildman–Crippen LogP) is 2.09. The van der Waals surface area contributed by atoms with Gasteiger partial charge in [0, 0.05) is 12.4 Å². The third-order valence-electron chi connectivity index (χ3n) is 2.23. The first-order valence-electron chi connectivity index (χ1n) is 4.71. The molecule has 1 aromatic heterocycles. The van der Waals surface area contributed by atoms with E-state index in [2.05, 4.69) is 11.7 Å². The lowest BCUT2D eigenvalue weighted by Crippen LogP contribution is -2.06. The fourth-order valence-electron chi connectivity index (χ4n) is 1.39. The molecule has 15 heavy (non-hydrogen) atoms. The number of rotatable bonds is 3. The number of hydrogen-bond acceptors (Lipinski definition) is 2. The van der Waals surface area contributed by atoms with Gasteiger partial charge in [0.2, 0.25) is 0 Å². The molecular weight excluding hydrogens is 188 g/mol. The van der Waals surface area contributed by atoms with E-state index in [9.17, 15) is 5.11 Å². The highest BCUT2D eigenvalue weighted by Gasteiger charge is 2.12. The van der Waals surface area contributed by atoms with Gasteiger partial charge in [0.1, 0.15) is 6.10 Å². The van der Waals surface area contributed by atoms with Crippen molar-refractivity contribution in [1.29, 1.82) is 0 Å². The van der Waals surface area contributed by atoms with Crippen molar-refractivity contribution >= 4 is 5.70 Å². The molecule has 0 saturated carbocycles. The average molecular weight is 200 g/mol. The molecular formula is C12H12N2O. The maximum atomic E-state index is 10.0. The summed E-state index contributed by atoms with van der Waals surface area (Å²) in [5, 5.41) is 14.0. The fraction of sp³-hybridized carbons (Fsp3) is 0.0833. The van der Waals surface area contributed by atoms with Crippen molar-refractivity contribution in [1.82, 2.24) is 9.78 Å². The summed E-state index contributed by atoms with van der Waals surface area (Å²) >= 11 is 0. The van der Waals surface area contributed by atoms with Crippen LogP contribution in [0, 0.1) is 0 Å². The number of aliphatic hydroxyl groups excluding tert-OH is 1. The summed E-state index contributed by atoms with van der Waals surface area (Å²) in [5.74, 6) is 0. The molecule has 0 aliphatic heterocycles. The number of aliphatic hydroxyl groups is 1. The van der Waals surface area contributed by atoms with Crippen LogP contribution in [0.2, 0.25) is 0 Å². The quantitative estimate of drug-likeness (QED) is 0.823. The van der Waals surface area contributed by atoms with Crippen LogP contribution in [-0.2, 0) is 0 Å². The summed E-state index contributed by atoms with van der Waals surface area (Å²) in [5.41, 5.74) is 1.37. The maximum absolute atomic E-state index is 10.0. The Bertz CT molecular complexity index is 434. The van der Waals surface area contributed by atoms with E-state index >= 15 is 0 Å². The molecule has 1 atom stereocenters. The Morgan fingerprint density at radius 1 is 1.27 bits per heavy atom. The zero-order chi connectivity index (χ0) is 10.7.